The van der Waals surface area contributed by atoms with Crippen molar-refractivity contribution in [2.24, 2.45) is 5.92 Å². The highest BCUT2D eigenvalue weighted by atomic mass is 16.6. The summed E-state index contributed by atoms with van der Waals surface area (Å²) in [6.07, 6.45) is 3.46. The Balaban J connectivity index is 1.78. The first-order valence-corrected chi connectivity index (χ1v) is 6.33. The van der Waals surface area contributed by atoms with E-state index in [-0.39, 0.29) is 5.69 Å². The molecule has 1 fully saturated rings. The number of nitrogens with one attached hydrogen (secondary N) is 1. The topological polar surface area (TPSA) is 64.4 Å². The fourth-order valence-corrected chi connectivity index (χ4v) is 2.20. The average Bonchev–Trinajstić information content (AvgIpc) is 2.40. The molecule has 1 N–H and O–H groups in total. The average molecular weight is 250 g/mol. The molecule has 1 aromatic carbocycles. The number of hydrogen-bond donors (Lipinski definition) is 1. The molecule has 5 nitrogen and oxygen atoms in total. The molecule has 18 heavy (non-hydrogen) atoms. The van der Waals surface area contributed by atoms with Crippen molar-refractivity contribution in [2.45, 2.75) is 19.3 Å². The summed E-state index contributed by atoms with van der Waals surface area (Å²) in [5, 5.41) is 14.0. The second-order valence-corrected chi connectivity index (χ2v) is 4.60. The van der Waals surface area contributed by atoms with Gasteiger partial charge in [0.1, 0.15) is 5.75 Å². The van der Waals surface area contributed by atoms with Gasteiger partial charge in [-0.1, -0.05) is 6.07 Å². The molecule has 1 unspecified atom stereocenters. The van der Waals surface area contributed by atoms with E-state index >= 15 is 0 Å². The van der Waals surface area contributed by atoms with Crippen LogP contribution in [0.25, 0.3) is 0 Å². The lowest BCUT2D eigenvalue weighted by molar-refractivity contribution is -0.384. The smallest absolute Gasteiger partial charge is 0.273 e. The molecule has 2 rings (SSSR count). The molecule has 1 saturated heterocycles. The standard InChI is InChI=1S/C13H18N2O3/c16-15(17)12-4-1-5-13(9-12)18-8-6-11-3-2-7-14-10-11/h1,4-5,9,11,14H,2-3,6-8,10H2. The van der Waals surface area contributed by atoms with Gasteiger partial charge in [-0.25, -0.2) is 0 Å². The molecule has 1 atom stereocenters. The van der Waals surface area contributed by atoms with E-state index in [4.69, 9.17) is 4.74 Å². The number of nitro groups is 1. The normalized spacial score (nSPS) is 19.4. The Hall–Kier alpha value is -1.62. The van der Waals surface area contributed by atoms with Gasteiger partial charge in [-0.3, -0.25) is 10.1 Å². The van der Waals surface area contributed by atoms with Crippen molar-refractivity contribution < 1.29 is 9.66 Å². The minimum atomic E-state index is -0.405. The van der Waals surface area contributed by atoms with Crippen LogP contribution < -0.4 is 10.1 Å². The number of hydrogen-bond acceptors (Lipinski definition) is 4. The molecule has 1 aromatic rings. The summed E-state index contributed by atoms with van der Waals surface area (Å²) in [5.41, 5.74) is 0.0758. The van der Waals surface area contributed by atoms with Gasteiger partial charge in [0, 0.05) is 6.07 Å². The van der Waals surface area contributed by atoms with Crippen LogP contribution in [-0.2, 0) is 0 Å². The molecule has 0 spiro atoms. The highest BCUT2D eigenvalue weighted by Crippen LogP contribution is 2.20. The maximum atomic E-state index is 10.6. The largest absolute Gasteiger partial charge is 0.493 e. The lowest BCUT2D eigenvalue weighted by Gasteiger charge is -2.22. The van der Waals surface area contributed by atoms with Crippen LogP contribution in [0.5, 0.6) is 5.75 Å². The van der Waals surface area contributed by atoms with Gasteiger partial charge in [-0.15, -0.1) is 0 Å². The summed E-state index contributed by atoms with van der Waals surface area (Å²) in [7, 11) is 0. The number of benzene rings is 1. The van der Waals surface area contributed by atoms with E-state index in [1.54, 1.807) is 12.1 Å². The summed E-state index contributed by atoms with van der Waals surface area (Å²) >= 11 is 0. The van der Waals surface area contributed by atoms with Crippen LogP contribution >= 0.6 is 0 Å². The van der Waals surface area contributed by atoms with E-state index < -0.39 is 4.92 Å². The van der Waals surface area contributed by atoms with E-state index in [1.807, 2.05) is 0 Å². The Morgan fingerprint density at radius 2 is 2.39 bits per heavy atom. The zero-order chi connectivity index (χ0) is 12.8. The number of nitrogens with zero attached hydrogens (tertiary/aromatic N) is 1. The van der Waals surface area contributed by atoms with Gasteiger partial charge in [-0.05, 0) is 44.3 Å². The van der Waals surface area contributed by atoms with Gasteiger partial charge < -0.3 is 10.1 Å². The van der Waals surface area contributed by atoms with Gasteiger partial charge >= 0.3 is 0 Å². The highest BCUT2D eigenvalue weighted by molar-refractivity contribution is 5.37. The predicted molar refractivity (Wildman–Crippen MR) is 68.8 cm³/mol. The van der Waals surface area contributed by atoms with Crippen LogP contribution in [0.4, 0.5) is 5.69 Å². The van der Waals surface area contributed by atoms with E-state index in [1.165, 1.54) is 25.0 Å². The minimum Gasteiger partial charge on any atom is -0.493 e. The number of piperidine rings is 1. The third-order valence-corrected chi connectivity index (χ3v) is 3.22. The van der Waals surface area contributed by atoms with E-state index in [0.717, 1.165) is 19.5 Å². The molecule has 1 aliphatic rings. The van der Waals surface area contributed by atoms with Crippen LogP contribution in [0.1, 0.15) is 19.3 Å². The SMILES string of the molecule is O=[N+]([O-])c1cccc(OCCC2CCCNC2)c1. The third-order valence-electron chi connectivity index (χ3n) is 3.22. The lowest BCUT2D eigenvalue weighted by Crippen LogP contribution is -2.30. The van der Waals surface area contributed by atoms with Crippen LogP contribution in [0.2, 0.25) is 0 Å². The van der Waals surface area contributed by atoms with Gasteiger partial charge in [0.15, 0.2) is 0 Å². The Bertz CT molecular complexity index is 403. The molecular weight excluding hydrogens is 232 g/mol. The van der Waals surface area contributed by atoms with Gasteiger partial charge in [-0.2, -0.15) is 0 Å². The van der Waals surface area contributed by atoms with Crippen molar-refractivity contribution in [2.75, 3.05) is 19.7 Å². The molecule has 0 amide bonds. The number of rotatable bonds is 5. The molecule has 98 valence electrons. The predicted octanol–water partition coefficient (Wildman–Crippen LogP) is 2.36. The van der Waals surface area contributed by atoms with Gasteiger partial charge in [0.2, 0.25) is 0 Å². The molecular formula is C13H18N2O3. The number of ether oxygens (including phenoxy) is 1. The van der Waals surface area contributed by atoms with Crippen molar-refractivity contribution in [1.82, 2.24) is 5.32 Å². The number of non-ortho nitro benzene ring substituents is 1. The monoisotopic (exact) mass is 250 g/mol. The first kappa shape index (κ1) is 12.8. The summed E-state index contributed by atoms with van der Waals surface area (Å²) in [6, 6.07) is 6.35. The Morgan fingerprint density at radius 1 is 1.50 bits per heavy atom. The van der Waals surface area contributed by atoms with Gasteiger partial charge in [0.05, 0.1) is 17.6 Å². The first-order chi connectivity index (χ1) is 8.75. The van der Waals surface area contributed by atoms with Crippen molar-refractivity contribution in [3.05, 3.63) is 34.4 Å². The molecule has 0 aliphatic carbocycles. The molecule has 1 aliphatic heterocycles. The Morgan fingerprint density at radius 3 is 3.11 bits per heavy atom. The summed E-state index contributed by atoms with van der Waals surface area (Å²) in [6.45, 7) is 2.79. The maximum Gasteiger partial charge on any atom is 0.273 e. The summed E-state index contributed by atoms with van der Waals surface area (Å²) in [5.74, 6) is 1.24. The molecule has 1 heterocycles. The second kappa shape index (κ2) is 6.35. The first-order valence-electron chi connectivity index (χ1n) is 6.33. The van der Waals surface area contributed by atoms with Crippen LogP contribution in [-0.4, -0.2) is 24.6 Å². The molecule has 0 radical (unpaired) electrons. The summed E-state index contributed by atoms with van der Waals surface area (Å²) < 4.78 is 5.57. The zero-order valence-electron chi connectivity index (χ0n) is 10.3. The van der Waals surface area contributed by atoms with Crippen LogP contribution in [0, 0.1) is 16.0 Å². The van der Waals surface area contributed by atoms with Crippen molar-refractivity contribution >= 4 is 5.69 Å². The Labute approximate surface area is 106 Å². The van der Waals surface area contributed by atoms with Crippen LogP contribution in [0.3, 0.4) is 0 Å². The summed E-state index contributed by atoms with van der Waals surface area (Å²) in [4.78, 5) is 10.2. The lowest BCUT2D eigenvalue weighted by atomic mass is 9.97. The third kappa shape index (κ3) is 3.70. The quantitative estimate of drug-likeness (QED) is 0.643. The van der Waals surface area contributed by atoms with Crippen molar-refractivity contribution in [3.8, 4) is 5.75 Å². The van der Waals surface area contributed by atoms with Gasteiger partial charge in [0.25, 0.3) is 5.69 Å². The zero-order valence-corrected chi connectivity index (χ0v) is 10.3. The molecule has 0 bridgehead atoms. The van der Waals surface area contributed by atoms with E-state index in [9.17, 15) is 10.1 Å². The van der Waals surface area contributed by atoms with E-state index in [2.05, 4.69) is 5.32 Å². The fraction of sp³-hybridized carbons (Fsp3) is 0.538. The van der Waals surface area contributed by atoms with Crippen molar-refractivity contribution in [3.63, 3.8) is 0 Å². The van der Waals surface area contributed by atoms with Crippen molar-refractivity contribution in [1.29, 1.82) is 0 Å². The Kier molecular flexibility index (Phi) is 4.52. The maximum absolute atomic E-state index is 10.6. The molecule has 5 heteroatoms. The highest BCUT2D eigenvalue weighted by Gasteiger charge is 2.13. The molecule has 0 aromatic heterocycles. The molecule has 0 saturated carbocycles. The second-order valence-electron chi connectivity index (χ2n) is 4.60. The van der Waals surface area contributed by atoms with E-state index in [0.29, 0.717) is 18.3 Å². The minimum absolute atomic E-state index is 0.0758. The number of nitro benzene ring substituents is 1. The van der Waals surface area contributed by atoms with Crippen LogP contribution in [0.15, 0.2) is 24.3 Å². The fourth-order valence-electron chi connectivity index (χ4n) is 2.20.